The molecule has 0 saturated carbocycles. The third kappa shape index (κ3) is 4.22. The van der Waals surface area contributed by atoms with Crippen molar-refractivity contribution in [3.8, 4) is 6.07 Å². The molecular weight excluding hydrogens is 471 g/mol. The number of benzene rings is 2. The molecule has 3 aromatic rings. The molecule has 2 atom stereocenters. The van der Waals surface area contributed by atoms with Gasteiger partial charge in [0.2, 0.25) is 5.91 Å². The Morgan fingerprint density at radius 3 is 2.65 bits per heavy atom. The highest BCUT2D eigenvalue weighted by Crippen LogP contribution is 2.33. The second kappa shape index (κ2) is 9.46. The molecule has 2 aliphatic rings. The van der Waals surface area contributed by atoms with E-state index in [1.54, 1.807) is 6.07 Å². The quantitative estimate of drug-likeness (QED) is 0.584. The minimum absolute atomic E-state index is 0.0252. The number of hydrogen-bond donors (Lipinski definition) is 1. The second-order valence-electron chi connectivity index (χ2n) is 8.91. The van der Waals surface area contributed by atoms with Crippen LogP contribution in [0.2, 0.25) is 10.0 Å². The van der Waals surface area contributed by atoms with Gasteiger partial charge in [0.15, 0.2) is 5.69 Å². The molecular formula is C25H26Cl2N6O. The number of nitriles is 1. The number of hydrogen-bond acceptors (Lipinski definition) is 5. The van der Waals surface area contributed by atoms with Gasteiger partial charge in [0.25, 0.3) is 0 Å². The van der Waals surface area contributed by atoms with Crippen LogP contribution in [0.15, 0.2) is 36.4 Å². The van der Waals surface area contributed by atoms with Gasteiger partial charge in [0, 0.05) is 47.3 Å². The number of anilines is 1. The monoisotopic (exact) mass is 496 g/mol. The Kier molecular flexibility index (Phi) is 6.39. The summed E-state index contributed by atoms with van der Waals surface area (Å²) in [7, 11) is 0. The maximum Gasteiger partial charge on any atom is 0.239 e. The molecule has 9 heteroatoms. The van der Waals surface area contributed by atoms with Gasteiger partial charge in [0.1, 0.15) is 6.07 Å². The molecule has 1 N–H and O–H groups in total. The zero-order chi connectivity index (χ0) is 23.8. The standard InChI is InChI=1S/C25H26Cl2N6O/c1-16(19-6-4-17(26)13-21(19)27)33-24-14-18(5-7-20(24)23(15-28)30-33)31-9-11-32(12-10-31)25(34)22-3-2-8-29-22/h4-7,13-14,16,22,29H,2-3,8-12H2,1H3/t16-,22?/m1/s1. The lowest BCUT2D eigenvalue weighted by atomic mass is 10.1. The molecule has 0 spiro atoms. The van der Waals surface area contributed by atoms with E-state index in [0.29, 0.717) is 28.8 Å². The third-order valence-corrected chi connectivity index (χ3v) is 7.45. The number of nitrogens with zero attached hydrogens (tertiary/aromatic N) is 5. The third-order valence-electron chi connectivity index (χ3n) is 6.89. The fourth-order valence-electron chi connectivity index (χ4n) is 4.97. The summed E-state index contributed by atoms with van der Waals surface area (Å²) in [5, 5.41) is 19.5. The van der Waals surface area contributed by atoms with Crippen molar-refractivity contribution in [1.29, 1.82) is 5.26 Å². The number of aromatic nitrogens is 2. The van der Waals surface area contributed by atoms with Gasteiger partial charge in [-0.05, 0) is 62.2 Å². The lowest BCUT2D eigenvalue weighted by Crippen LogP contribution is -2.53. The first kappa shape index (κ1) is 23.0. The Hall–Kier alpha value is -2.79. The average molecular weight is 497 g/mol. The number of nitrogens with one attached hydrogen (secondary N) is 1. The van der Waals surface area contributed by atoms with Gasteiger partial charge in [-0.2, -0.15) is 10.4 Å². The first-order chi connectivity index (χ1) is 16.5. The van der Waals surface area contributed by atoms with E-state index in [4.69, 9.17) is 23.2 Å². The Morgan fingerprint density at radius 1 is 1.18 bits per heavy atom. The summed E-state index contributed by atoms with van der Waals surface area (Å²) >= 11 is 12.5. The fourth-order valence-corrected chi connectivity index (χ4v) is 5.54. The maximum atomic E-state index is 12.7. The van der Waals surface area contributed by atoms with E-state index in [0.717, 1.165) is 54.6 Å². The molecule has 0 radical (unpaired) electrons. The van der Waals surface area contributed by atoms with Crippen LogP contribution in [-0.4, -0.2) is 59.4 Å². The van der Waals surface area contributed by atoms with Gasteiger partial charge in [-0.25, -0.2) is 0 Å². The lowest BCUT2D eigenvalue weighted by Gasteiger charge is -2.37. The van der Waals surface area contributed by atoms with Crippen molar-refractivity contribution < 1.29 is 4.79 Å². The van der Waals surface area contributed by atoms with Crippen molar-refractivity contribution in [2.45, 2.75) is 31.8 Å². The van der Waals surface area contributed by atoms with Gasteiger partial charge >= 0.3 is 0 Å². The van der Waals surface area contributed by atoms with Crippen LogP contribution >= 0.6 is 23.2 Å². The molecule has 2 aromatic carbocycles. The molecule has 1 unspecified atom stereocenters. The predicted molar refractivity (Wildman–Crippen MR) is 135 cm³/mol. The lowest BCUT2D eigenvalue weighted by molar-refractivity contribution is -0.133. The van der Waals surface area contributed by atoms with E-state index in [2.05, 4.69) is 27.5 Å². The first-order valence-corrected chi connectivity index (χ1v) is 12.4. The van der Waals surface area contributed by atoms with Crippen LogP contribution in [0.1, 0.15) is 37.1 Å². The van der Waals surface area contributed by atoms with Gasteiger partial charge in [0.05, 0.1) is 17.6 Å². The molecule has 1 amide bonds. The summed E-state index contributed by atoms with van der Waals surface area (Å²) in [5.74, 6) is 0.220. The van der Waals surface area contributed by atoms with E-state index in [9.17, 15) is 10.1 Å². The van der Waals surface area contributed by atoms with Crippen molar-refractivity contribution in [3.63, 3.8) is 0 Å². The molecule has 34 heavy (non-hydrogen) atoms. The molecule has 2 saturated heterocycles. The van der Waals surface area contributed by atoms with Gasteiger partial charge in [-0.3, -0.25) is 9.48 Å². The highest BCUT2D eigenvalue weighted by Gasteiger charge is 2.29. The van der Waals surface area contributed by atoms with E-state index in [-0.39, 0.29) is 18.0 Å². The zero-order valence-electron chi connectivity index (χ0n) is 19.0. The fraction of sp³-hybridized carbons (Fsp3) is 0.400. The molecule has 3 heterocycles. The number of rotatable bonds is 4. The normalized spacial score (nSPS) is 19.4. The minimum atomic E-state index is -0.182. The van der Waals surface area contributed by atoms with E-state index in [1.807, 2.05) is 40.8 Å². The highest BCUT2D eigenvalue weighted by atomic mass is 35.5. The summed E-state index contributed by atoms with van der Waals surface area (Å²) < 4.78 is 1.86. The summed E-state index contributed by atoms with van der Waals surface area (Å²) in [5.41, 5.74) is 3.20. The molecule has 1 aromatic heterocycles. The van der Waals surface area contributed by atoms with Crippen molar-refractivity contribution in [1.82, 2.24) is 20.0 Å². The van der Waals surface area contributed by atoms with Crippen LogP contribution in [0, 0.1) is 11.3 Å². The summed E-state index contributed by atoms with van der Waals surface area (Å²) in [6.45, 7) is 5.87. The van der Waals surface area contributed by atoms with Crippen molar-refractivity contribution in [2.24, 2.45) is 0 Å². The van der Waals surface area contributed by atoms with Gasteiger partial charge < -0.3 is 15.1 Å². The summed E-state index contributed by atoms with van der Waals surface area (Å²) in [6, 6.07) is 13.5. The number of fused-ring (bicyclic) bond motifs is 1. The minimum Gasteiger partial charge on any atom is -0.368 e. The largest absolute Gasteiger partial charge is 0.368 e. The number of carbonyl (C=O) groups excluding carboxylic acids is 1. The predicted octanol–water partition coefficient (Wildman–Crippen LogP) is 4.22. The van der Waals surface area contributed by atoms with Crippen molar-refractivity contribution in [3.05, 3.63) is 57.7 Å². The molecule has 2 aliphatic heterocycles. The van der Waals surface area contributed by atoms with Crippen LogP contribution in [0.25, 0.3) is 10.9 Å². The zero-order valence-corrected chi connectivity index (χ0v) is 20.5. The Morgan fingerprint density at radius 2 is 1.97 bits per heavy atom. The first-order valence-electron chi connectivity index (χ1n) is 11.6. The van der Waals surface area contributed by atoms with Crippen LogP contribution in [0.3, 0.4) is 0 Å². The van der Waals surface area contributed by atoms with Gasteiger partial charge in [-0.1, -0.05) is 29.3 Å². The SMILES string of the molecule is C[C@H](c1ccc(Cl)cc1Cl)n1nc(C#N)c2ccc(N3CCN(C(=O)C4CCCN4)CC3)cc21. The van der Waals surface area contributed by atoms with Crippen molar-refractivity contribution >= 4 is 45.7 Å². The Labute approximate surface area is 208 Å². The van der Waals surface area contributed by atoms with E-state index >= 15 is 0 Å². The van der Waals surface area contributed by atoms with Crippen LogP contribution in [-0.2, 0) is 4.79 Å². The van der Waals surface area contributed by atoms with Crippen LogP contribution < -0.4 is 10.2 Å². The van der Waals surface area contributed by atoms with Crippen LogP contribution in [0.4, 0.5) is 5.69 Å². The molecule has 0 bridgehead atoms. The maximum absolute atomic E-state index is 12.7. The Balaban J connectivity index is 1.41. The summed E-state index contributed by atoms with van der Waals surface area (Å²) in [4.78, 5) is 17.0. The molecule has 2 fully saturated rings. The number of amides is 1. The smallest absolute Gasteiger partial charge is 0.239 e. The molecule has 176 valence electrons. The van der Waals surface area contributed by atoms with Crippen LogP contribution in [0.5, 0.6) is 0 Å². The van der Waals surface area contributed by atoms with E-state index < -0.39 is 0 Å². The molecule has 0 aliphatic carbocycles. The average Bonchev–Trinajstić information content (AvgIpc) is 3.51. The number of carbonyl (C=O) groups is 1. The molecule has 7 nitrogen and oxygen atoms in total. The number of halogens is 2. The van der Waals surface area contributed by atoms with E-state index in [1.165, 1.54) is 0 Å². The number of piperazine rings is 1. The summed E-state index contributed by atoms with van der Waals surface area (Å²) in [6.07, 6.45) is 1.99. The topological polar surface area (TPSA) is 77.2 Å². The highest BCUT2D eigenvalue weighted by molar-refractivity contribution is 6.35. The van der Waals surface area contributed by atoms with Gasteiger partial charge in [-0.15, -0.1) is 0 Å². The Bertz CT molecular complexity index is 1270. The van der Waals surface area contributed by atoms with Crippen molar-refractivity contribution in [2.75, 3.05) is 37.6 Å². The second-order valence-corrected chi connectivity index (χ2v) is 9.75. The molecule has 5 rings (SSSR count).